The third-order valence-corrected chi connectivity index (χ3v) is 5.44. The van der Waals surface area contributed by atoms with Gasteiger partial charge in [-0.3, -0.25) is 9.59 Å². The molecule has 4 rings (SSSR count). The molecule has 0 saturated carbocycles. The fraction of sp³-hybridized carbons (Fsp3) is 0.304. The van der Waals surface area contributed by atoms with Gasteiger partial charge in [0.2, 0.25) is 0 Å². The van der Waals surface area contributed by atoms with Gasteiger partial charge in [-0.15, -0.1) is 0 Å². The summed E-state index contributed by atoms with van der Waals surface area (Å²) in [7, 11) is 1.96. The second-order valence-corrected chi connectivity index (χ2v) is 7.64. The van der Waals surface area contributed by atoms with Crippen molar-refractivity contribution in [3.63, 3.8) is 0 Å². The smallest absolute Gasteiger partial charge is 0.260 e. The van der Waals surface area contributed by atoms with E-state index in [0.29, 0.717) is 13.0 Å². The van der Waals surface area contributed by atoms with Crippen LogP contribution < -0.4 is 4.90 Å². The van der Waals surface area contributed by atoms with E-state index in [0.717, 1.165) is 34.1 Å². The highest BCUT2D eigenvalue weighted by Crippen LogP contribution is 2.32. The van der Waals surface area contributed by atoms with E-state index in [1.165, 1.54) is 5.56 Å². The third kappa shape index (κ3) is 3.05. The van der Waals surface area contributed by atoms with E-state index < -0.39 is 0 Å². The molecule has 0 spiro atoms. The highest BCUT2D eigenvalue weighted by Gasteiger charge is 2.28. The molecule has 0 unspecified atom stereocenters. The molecule has 3 aromatic rings. The first kappa shape index (κ1) is 17.5. The van der Waals surface area contributed by atoms with Crippen LogP contribution in [0.3, 0.4) is 0 Å². The van der Waals surface area contributed by atoms with Gasteiger partial charge >= 0.3 is 0 Å². The second kappa shape index (κ2) is 6.69. The van der Waals surface area contributed by atoms with Crippen LogP contribution in [0.2, 0.25) is 0 Å². The molecule has 138 valence electrons. The summed E-state index contributed by atoms with van der Waals surface area (Å²) in [6.07, 6.45) is 3.18. The Morgan fingerprint density at radius 1 is 1.11 bits per heavy atom. The number of ketones is 1. The average molecular weight is 360 g/mol. The van der Waals surface area contributed by atoms with Gasteiger partial charge in [-0.05, 0) is 29.7 Å². The van der Waals surface area contributed by atoms with Crippen LogP contribution in [-0.4, -0.2) is 22.8 Å². The predicted molar refractivity (Wildman–Crippen MR) is 108 cm³/mol. The van der Waals surface area contributed by atoms with Crippen LogP contribution in [0.4, 0.5) is 5.69 Å². The standard InChI is InChI=1S/C23H24N2O2/c1-15(2)22(26)13-16-8-9-17-10-11-25(21(17)12-16)23(27)19-14-24(3)20-7-5-4-6-18(19)20/h4-9,12,14-15H,10-11,13H2,1-3H3. The molecule has 0 N–H and O–H groups in total. The molecule has 1 aliphatic rings. The largest absolute Gasteiger partial charge is 0.350 e. The van der Waals surface area contributed by atoms with Gasteiger partial charge in [0.05, 0.1) is 5.56 Å². The van der Waals surface area contributed by atoms with Crippen LogP contribution in [0.5, 0.6) is 0 Å². The lowest BCUT2D eigenvalue weighted by Crippen LogP contribution is -2.28. The highest BCUT2D eigenvalue weighted by molar-refractivity contribution is 6.14. The fourth-order valence-corrected chi connectivity index (χ4v) is 3.81. The average Bonchev–Trinajstić information content (AvgIpc) is 3.22. The SMILES string of the molecule is CC(C)C(=O)Cc1ccc2c(c1)N(C(=O)c1cn(C)c3ccccc13)CC2. The van der Waals surface area contributed by atoms with Crippen molar-refractivity contribution >= 4 is 28.3 Å². The van der Waals surface area contributed by atoms with Crippen molar-refractivity contribution in [3.8, 4) is 0 Å². The fourth-order valence-electron chi connectivity index (χ4n) is 3.81. The molecule has 4 nitrogen and oxygen atoms in total. The number of rotatable bonds is 4. The van der Waals surface area contributed by atoms with Gasteiger partial charge in [0.1, 0.15) is 5.78 Å². The number of carbonyl (C=O) groups excluding carboxylic acids is 2. The number of aryl methyl sites for hydroxylation is 1. The number of anilines is 1. The number of hydrogen-bond donors (Lipinski definition) is 0. The number of Topliss-reactive ketones (excluding diaryl/α,β-unsaturated/α-hetero) is 1. The van der Waals surface area contributed by atoms with Crippen LogP contribution in [0, 0.1) is 5.92 Å². The van der Waals surface area contributed by atoms with Crippen molar-refractivity contribution < 1.29 is 9.59 Å². The number of carbonyl (C=O) groups is 2. The number of hydrogen-bond acceptors (Lipinski definition) is 2. The van der Waals surface area contributed by atoms with E-state index in [-0.39, 0.29) is 17.6 Å². The molecule has 0 aliphatic carbocycles. The second-order valence-electron chi connectivity index (χ2n) is 7.64. The van der Waals surface area contributed by atoms with E-state index in [9.17, 15) is 9.59 Å². The zero-order chi connectivity index (χ0) is 19.1. The quantitative estimate of drug-likeness (QED) is 0.701. The Hall–Kier alpha value is -2.88. The molecule has 0 radical (unpaired) electrons. The molecule has 2 aromatic carbocycles. The van der Waals surface area contributed by atoms with Gasteiger partial charge in [-0.1, -0.05) is 44.2 Å². The first-order chi connectivity index (χ1) is 13.0. The summed E-state index contributed by atoms with van der Waals surface area (Å²) in [6.45, 7) is 4.52. The van der Waals surface area contributed by atoms with Gasteiger partial charge < -0.3 is 9.47 Å². The monoisotopic (exact) mass is 360 g/mol. The molecule has 1 aliphatic heterocycles. The predicted octanol–water partition coefficient (Wildman–Crippen LogP) is 4.15. The summed E-state index contributed by atoms with van der Waals surface area (Å²) in [5, 5.41) is 0.976. The zero-order valence-electron chi connectivity index (χ0n) is 16.0. The maximum atomic E-state index is 13.3. The Balaban J connectivity index is 1.69. The van der Waals surface area contributed by atoms with Crippen molar-refractivity contribution in [1.29, 1.82) is 0 Å². The molecule has 0 atom stereocenters. The van der Waals surface area contributed by atoms with Gasteiger partial charge in [0.25, 0.3) is 5.91 Å². The lowest BCUT2D eigenvalue weighted by molar-refractivity contribution is -0.121. The minimum atomic E-state index is 0.0201. The first-order valence-electron chi connectivity index (χ1n) is 9.46. The number of amides is 1. The van der Waals surface area contributed by atoms with Crippen molar-refractivity contribution in [2.45, 2.75) is 26.7 Å². The molecule has 1 amide bonds. The number of fused-ring (bicyclic) bond motifs is 2. The zero-order valence-corrected chi connectivity index (χ0v) is 16.0. The molecule has 0 saturated heterocycles. The van der Waals surface area contributed by atoms with Crippen LogP contribution in [-0.2, 0) is 24.7 Å². The molecule has 0 bridgehead atoms. The molecule has 2 heterocycles. The Morgan fingerprint density at radius 2 is 1.89 bits per heavy atom. The summed E-state index contributed by atoms with van der Waals surface area (Å²) in [4.78, 5) is 27.3. The van der Waals surface area contributed by atoms with Crippen LogP contribution in [0.15, 0.2) is 48.7 Å². The van der Waals surface area contributed by atoms with Crippen molar-refractivity contribution in [2.75, 3.05) is 11.4 Å². The minimum absolute atomic E-state index is 0.0201. The third-order valence-electron chi connectivity index (χ3n) is 5.44. The Bertz CT molecular complexity index is 1050. The van der Waals surface area contributed by atoms with Gasteiger partial charge in [-0.2, -0.15) is 0 Å². The summed E-state index contributed by atoms with van der Waals surface area (Å²) in [6, 6.07) is 14.1. The molecule has 1 aromatic heterocycles. The summed E-state index contributed by atoms with van der Waals surface area (Å²) in [5.41, 5.74) is 4.87. The number of para-hydroxylation sites is 1. The van der Waals surface area contributed by atoms with E-state index in [1.807, 2.05) is 73.0 Å². The normalized spacial score (nSPS) is 13.4. The molecular weight excluding hydrogens is 336 g/mol. The molecule has 0 fully saturated rings. The maximum absolute atomic E-state index is 13.3. The Labute approximate surface area is 159 Å². The Morgan fingerprint density at radius 3 is 2.67 bits per heavy atom. The number of aromatic nitrogens is 1. The van der Waals surface area contributed by atoms with Crippen molar-refractivity contribution in [2.24, 2.45) is 13.0 Å². The van der Waals surface area contributed by atoms with E-state index in [2.05, 4.69) is 6.07 Å². The molecule has 4 heteroatoms. The summed E-state index contributed by atoms with van der Waals surface area (Å²) < 4.78 is 2.00. The van der Waals surface area contributed by atoms with E-state index >= 15 is 0 Å². The van der Waals surface area contributed by atoms with Crippen LogP contribution >= 0.6 is 0 Å². The lowest BCUT2D eigenvalue weighted by Gasteiger charge is -2.18. The number of nitrogens with zero attached hydrogens (tertiary/aromatic N) is 2. The van der Waals surface area contributed by atoms with Gasteiger partial charge in [0, 0.05) is 48.7 Å². The van der Waals surface area contributed by atoms with E-state index in [1.54, 1.807) is 0 Å². The highest BCUT2D eigenvalue weighted by atomic mass is 16.2. The van der Waals surface area contributed by atoms with E-state index in [4.69, 9.17) is 0 Å². The molecular formula is C23H24N2O2. The minimum Gasteiger partial charge on any atom is -0.350 e. The van der Waals surface area contributed by atoms with Crippen LogP contribution in [0.25, 0.3) is 10.9 Å². The van der Waals surface area contributed by atoms with Gasteiger partial charge in [-0.25, -0.2) is 0 Å². The van der Waals surface area contributed by atoms with Crippen LogP contribution in [0.1, 0.15) is 35.3 Å². The molecule has 27 heavy (non-hydrogen) atoms. The topological polar surface area (TPSA) is 42.3 Å². The maximum Gasteiger partial charge on any atom is 0.260 e. The number of benzene rings is 2. The first-order valence-corrected chi connectivity index (χ1v) is 9.46. The lowest BCUT2D eigenvalue weighted by atomic mass is 9.99. The van der Waals surface area contributed by atoms with Gasteiger partial charge in [0.15, 0.2) is 0 Å². The Kier molecular flexibility index (Phi) is 4.34. The summed E-state index contributed by atoms with van der Waals surface area (Å²) in [5.74, 6) is 0.268. The summed E-state index contributed by atoms with van der Waals surface area (Å²) >= 11 is 0. The van der Waals surface area contributed by atoms with Crippen molar-refractivity contribution in [3.05, 3.63) is 65.4 Å². The van der Waals surface area contributed by atoms with Crippen molar-refractivity contribution in [1.82, 2.24) is 4.57 Å².